The van der Waals surface area contributed by atoms with Gasteiger partial charge in [0.2, 0.25) is 11.8 Å². The van der Waals surface area contributed by atoms with Gasteiger partial charge in [-0.2, -0.15) is 0 Å². The van der Waals surface area contributed by atoms with Crippen molar-refractivity contribution >= 4 is 29.0 Å². The van der Waals surface area contributed by atoms with E-state index in [-0.39, 0.29) is 11.8 Å². The summed E-state index contributed by atoms with van der Waals surface area (Å²) in [4.78, 5) is 39.8. The number of hydrogen-bond donors (Lipinski definition) is 1. The van der Waals surface area contributed by atoms with Crippen molar-refractivity contribution in [2.75, 3.05) is 49.5 Å². The van der Waals surface area contributed by atoms with E-state index in [1.54, 1.807) is 24.2 Å². The summed E-state index contributed by atoms with van der Waals surface area (Å²) in [5, 5.41) is 3.42. The topological polar surface area (TPSA) is 86.1 Å². The van der Waals surface area contributed by atoms with Crippen molar-refractivity contribution in [3.05, 3.63) is 42.9 Å². The molecule has 9 nitrogen and oxygen atoms in total. The van der Waals surface area contributed by atoms with Crippen LogP contribution in [0, 0.1) is 0 Å². The Morgan fingerprint density at radius 1 is 0.971 bits per heavy atom. The Labute approximate surface area is 199 Å². The largest absolute Gasteiger partial charge is 0.372 e. The molecule has 2 saturated heterocycles. The van der Waals surface area contributed by atoms with Crippen LogP contribution in [0.3, 0.4) is 0 Å². The van der Waals surface area contributed by atoms with Gasteiger partial charge in [-0.05, 0) is 31.9 Å². The fraction of sp³-hybridized carbons (Fsp3) is 0.440. The average molecular weight is 462 g/mol. The Hall–Kier alpha value is -3.62. The van der Waals surface area contributed by atoms with Crippen LogP contribution in [0.5, 0.6) is 0 Å². The molecule has 0 aliphatic carbocycles. The number of benzene rings is 1. The minimum atomic E-state index is -0.445. The van der Waals surface area contributed by atoms with Gasteiger partial charge in [0.25, 0.3) is 0 Å². The third kappa shape index (κ3) is 4.30. The molecule has 2 aliphatic rings. The van der Waals surface area contributed by atoms with Crippen LogP contribution in [-0.2, 0) is 9.59 Å². The predicted molar refractivity (Wildman–Crippen MR) is 132 cm³/mol. The predicted octanol–water partition coefficient (Wildman–Crippen LogP) is 2.49. The molecule has 2 fully saturated rings. The van der Waals surface area contributed by atoms with Gasteiger partial charge in [0.05, 0.1) is 6.20 Å². The first-order chi connectivity index (χ1) is 16.5. The second-order valence-electron chi connectivity index (χ2n) is 9.05. The van der Waals surface area contributed by atoms with E-state index in [2.05, 4.69) is 39.5 Å². The molecule has 0 spiro atoms. The third-order valence-electron chi connectivity index (χ3n) is 6.80. The number of amides is 2. The number of piperazine rings is 1. The van der Waals surface area contributed by atoms with Gasteiger partial charge in [-0.25, -0.2) is 4.98 Å². The lowest BCUT2D eigenvalue weighted by Gasteiger charge is -2.35. The first kappa shape index (κ1) is 22.2. The van der Waals surface area contributed by atoms with Crippen LogP contribution in [0.15, 0.2) is 42.9 Å². The monoisotopic (exact) mass is 461 g/mol. The maximum absolute atomic E-state index is 13.2. The Bertz CT molecular complexity index is 1180. The Morgan fingerprint density at radius 3 is 2.32 bits per heavy atom. The molecule has 9 heteroatoms. The molecule has 3 aromatic rings. The second kappa shape index (κ2) is 9.32. The summed E-state index contributed by atoms with van der Waals surface area (Å²) >= 11 is 0. The van der Waals surface area contributed by atoms with Gasteiger partial charge in [-0.3, -0.25) is 19.0 Å². The molecule has 0 saturated carbocycles. The van der Waals surface area contributed by atoms with Crippen LogP contribution in [0.1, 0.15) is 26.7 Å². The fourth-order valence-corrected chi connectivity index (χ4v) is 4.83. The molecule has 5 rings (SSSR count). The number of fused-ring (bicyclic) bond motifs is 1. The summed E-state index contributed by atoms with van der Waals surface area (Å²) in [6.45, 7) is 7.89. The van der Waals surface area contributed by atoms with Gasteiger partial charge in [0, 0.05) is 69.8 Å². The van der Waals surface area contributed by atoms with Crippen LogP contribution in [0.4, 0.5) is 11.5 Å². The number of nitrogens with one attached hydrogen (secondary N) is 1. The highest BCUT2D eigenvalue weighted by atomic mass is 16.2. The zero-order chi connectivity index (χ0) is 23.7. The lowest BCUT2D eigenvalue weighted by atomic mass is 10.1. The SMILES string of the molecule is CC(=O)N1CCN(C(=O)C(C)Nc2c(-c3ccc(N4CCCC4)cc3)nc3cnccn23)CC1. The molecule has 1 atom stereocenters. The molecule has 1 N–H and O–H groups in total. The van der Waals surface area contributed by atoms with Crippen molar-refractivity contribution in [3.8, 4) is 11.3 Å². The van der Waals surface area contributed by atoms with Crippen molar-refractivity contribution in [3.63, 3.8) is 0 Å². The molecule has 0 bridgehead atoms. The molecule has 178 valence electrons. The number of nitrogens with zero attached hydrogens (tertiary/aromatic N) is 6. The standard InChI is InChI=1S/C25H31N7O2/c1-18(25(34)31-15-13-29(14-16-31)19(2)33)27-24-23(28-22-17-26-9-12-32(22)24)20-5-7-21(8-6-20)30-10-3-4-11-30/h5-9,12,17-18,27H,3-4,10-11,13-16H2,1-2H3. The molecule has 4 heterocycles. The summed E-state index contributed by atoms with van der Waals surface area (Å²) in [6, 6.07) is 8.05. The highest BCUT2D eigenvalue weighted by Crippen LogP contribution is 2.31. The highest BCUT2D eigenvalue weighted by Gasteiger charge is 2.27. The van der Waals surface area contributed by atoms with E-state index in [0.29, 0.717) is 26.2 Å². The number of imidazole rings is 1. The van der Waals surface area contributed by atoms with Crippen LogP contribution in [-0.4, -0.2) is 81.3 Å². The smallest absolute Gasteiger partial charge is 0.244 e. The summed E-state index contributed by atoms with van der Waals surface area (Å²) in [7, 11) is 0. The summed E-state index contributed by atoms with van der Waals surface area (Å²) in [5.74, 6) is 0.843. The fourth-order valence-electron chi connectivity index (χ4n) is 4.83. The van der Waals surface area contributed by atoms with E-state index in [9.17, 15) is 9.59 Å². The molecule has 0 radical (unpaired) electrons. The van der Waals surface area contributed by atoms with E-state index < -0.39 is 6.04 Å². The van der Waals surface area contributed by atoms with E-state index >= 15 is 0 Å². The van der Waals surface area contributed by atoms with Gasteiger partial charge in [-0.1, -0.05) is 12.1 Å². The molecular weight excluding hydrogens is 430 g/mol. The van der Waals surface area contributed by atoms with Crippen molar-refractivity contribution in [2.24, 2.45) is 0 Å². The van der Waals surface area contributed by atoms with E-state index in [0.717, 1.165) is 35.8 Å². The highest BCUT2D eigenvalue weighted by molar-refractivity contribution is 5.87. The summed E-state index contributed by atoms with van der Waals surface area (Å²) in [5.41, 5.74) is 3.73. The Balaban J connectivity index is 1.38. The minimum absolute atomic E-state index is 0.0162. The number of anilines is 2. The molecular formula is C25H31N7O2. The van der Waals surface area contributed by atoms with Crippen molar-refractivity contribution in [1.29, 1.82) is 0 Å². The maximum atomic E-state index is 13.2. The maximum Gasteiger partial charge on any atom is 0.244 e. The number of carbonyl (C=O) groups is 2. The number of aromatic nitrogens is 3. The Kier molecular flexibility index (Phi) is 6.08. The van der Waals surface area contributed by atoms with Crippen molar-refractivity contribution < 1.29 is 9.59 Å². The average Bonchev–Trinajstić information content (AvgIpc) is 3.53. The van der Waals surface area contributed by atoms with Crippen molar-refractivity contribution in [1.82, 2.24) is 24.2 Å². The van der Waals surface area contributed by atoms with E-state index in [1.807, 2.05) is 22.4 Å². The van der Waals surface area contributed by atoms with Gasteiger partial charge >= 0.3 is 0 Å². The molecule has 2 amide bonds. The Morgan fingerprint density at radius 2 is 1.65 bits per heavy atom. The quantitative estimate of drug-likeness (QED) is 0.628. The number of hydrogen-bond acceptors (Lipinski definition) is 6. The van der Waals surface area contributed by atoms with Gasteiger partial charge in [-0.15, -0.1) is 0 Å². The lowest BCUT2D eigenvalue weighted by Crippen LogP contribution is -2.53. The molecule has 1 aromatic carbocycles. The minimum Gasteiger partial charge on any atom is -0.372 e. The molecule has 2 aromatic heterocycles. The molecule has 34 heavy (non-hydrogen) atoms. The molecule has 1 unspecified atom stereocenters. The van der Waals surface area contributed by atoms with Crippen LogP contribution >= 0.6 is 0 Å². The number of rotatable bonds is 5. The van der Waals surface area contributed by atoms with E-state index in [4.69, 9.17) is 4.98 Å². The van der Waals surface area contributed by atoms with Gasteiger partial charge < -0.3 is 20.0 Å². The van der Waals surface area contributed by atoms with E-state index in [1.165, 1.54) is 18.5 Å². The van der Waals surface area contributed by atoms with Crippen LogP contribution in [0.2, 0.25) is 0 Å². The third-order valence-corrected chi connectivity index (χ3v) is 6.80. The first-order valence-corrected chi connectivity index (χ1v) is 12.0. The molecule has 2 aliphatic heterocycles. The normalized spacial score (nSPS) is 17.3. The zero-order valence-corrected chi connectivity index (χ0v) is 19.8. The van der Waals surface area contributed by atoms with Crippen LogP contribution in [0.25, 0.3) is 16.9 Å². The van der Waals surface area contributed by atoms with Crippen molar-refractivity contribution in [2.45, 2.75) is 32.7 Å². The first-order valence-electron chi connectivity index (χ1n) is 12.0. The summed E-state index contributed by atoms with van der Waals surface area (Å²) < 4.78 is 1.94. The lowest BCUT2D eigenvalue weighted by molar-refractivity contribution is -0.138. The van der Waals surface area contributed by atoms with Gasteiger partial charge in [0.15, 0.2) is 5.65 Å². The van der Waals surface area contributed by atoms with Gasteiger partial charge in [0.1, 0.15) is 17.6 Å². The summed E-state index contributed by atoms with van der Waals surface area (Å²) in [6.07, 6.45) is 7.78. The second-order valence-corrected chi connectivity index (χ2v) is 9.05. The number of carbonyl (C=O) groups excluding carboxylic acids is 2. The van der Waals surface area contributed by atoms with Crippen LogP contribution < -0.4 is 10.2 Å². The zero-order valence-electron chi connectivity index (χ0n) is 19.8.